The first-order chi connectivity index (χ1) is 12.8. The van der Waals surface area contributed by atoms with E-state index in [1.54, 1.807) is 7.11 Å². The molecule has 0 amide bonds. The van der Waals surface area contributed by atoms with E-state index in [-0.39, 0.29) is 6.79 Å². The molecule has 0 aliphatic carbocycles. The maximum atomic E-state index is 5.84. The highest BCUT2D eigenvalue weighted by atomic mass is 16.7. The average Bonchev–Trinajstić information content (AvgIpc) is 3.13. The zero-order valence-corrected chi connectivity index (χ0v) is 14.5. The summed E-state index contributed by atoms with van der Waals surface area (Å²) >= 11 is 0. The summed E-state index contributed by atoms with van der Waals surface area (Å²) in [5.41, 5.74) is 0.931. The molecule has 1 aliphatic heterocycles. The summed E-state index contributed by atoms with van der Waals surface area (Å²) in [4.78, 5) is 4.75. The van der Waals surface area contributed by atoms with Crippen molar-refractivity contribution in [3.05, 3.63) is 42.6 Å². The summed E-state index contributed by atoms with van der Waals surface area (Å²) in [6, 6.07) is 12.2. The smallest absolute Gasteiger partial charge is 0.231 e. The van der Waals surface area contributed by atoms with Crippen molar-refractivity contribution in [3.8, 4) is 23.0 Å². The Balaban J connectivity index is 1.86. The highest BCUT2D eigenvalue weighted by molar-refractivity contribution is 6.16. The largest absolute Gasteiger partial charge is 0.493 e. The van der Waals surface area contributed by atoms with Crippen LogP contribution >= 0.6 is 0 Å². The third-order valence-corrected chi connectivity index (χ3v) is 4.77. The highest BCUT2D eigenvalue weighted by Gasteiger charge is 2.17. The monoisotopic (exact) mass is 347 g/mol. The lowest BCUT2D eigenvalue weighted by Crippen LogP contribution is -1.97. The number of rotatable bonds is 3. The second-order valence-electron chi connectivity index (χ2n) is 6.14. The molecule has 0 N–H and O–H groups in total. The minimum Gasteiger partial charge on any atom is -0.493 e. The van der Waals surface area contributed by atoms with E-state index in [0.717, 1.165) is 49.7 Å². The maximum absolute atomic E-state index is 5.84. The third-order valence-electron chi connectivity index (χ3n) is 4.77. The van der Waals surface area contributed by atoms with Crippen LogP contribution in [0.15, 0.2) is 42.6 Å². The number of aromatic nitrogens is 1. The molecular formula is C21H17NO4. The van der Waals surface area contributed by atoms with Crippen LogP contribution < -0.4 is 18.9 Å². The Morgan fingerprint density at radius 3 is 2.58 bits per heavy atom. The van der Waals surface area contributed by atoms with Crippen molar-refractivity contribution in [1.29, 1.82) is 0 Å². The van der Waals surface area contributed by atoms with Gasteiger partial charge < -0.3 is 18.9 Å². The van der Waals surface area contributed by atoms with E-state index < -0.39 is 0 Å². The number of benzene rings is 3. The first-order valence-corrected chi connectivity index (χ1v) is 8.54. The zero-order chi connectivity index (χ0) is 17.7. The van der Waals surface area contributed by atoms with Crippen LogP contribution in [0.3, 0.4) is 0 Å². The van der Waals surface area contributed by atoms with Crippen molar-refractivity contribution in [3.63, 3.8) is 0 Å². The fourth-order valence-electron chi connectivity index (χ4n) is 3.58. The van der Waals surface area contributed by atoms with Crippen molar-refractivity contribution in [1.82, 2.24) is 4.98 Å². The number of pyridine rings is 1. The lowest BCUT2D eigenvalue weighted by molar-refractivity contribution is 0.174. The average molecular weight is 347 g/mol. The standard InChI is InChI=1S/C21H17NO4/c1-3-24-21-16-10-22-20-14(13(16)6-7-17(21)23-2)5-4-12-8-18-19(9-15(12)20)26-11-25-18/h4-10H,3,11H2,1-2H3. The molecule has 5 rings (SSSR count). The van der Waals surface area contributed by atoms with Gasteiger partial charge in [0.15, 0.2) is 23.0 Å². The van der Waals surface area contributed by atoms with Crippen molar-refractivity contribution < 1.29 is 18.9 Å². The first-order valence-electron chi connectivity index (χ1n) is 8.54. The molecule has 2 heterocycles. The number of hydrogen-bond acceptors (Lipinski definition) is 5. The Kier molecular flexibility index (Phi) is 3.28. The predicted octanol–water partition coefficient (Wildman–Crippen LogP) is 4.68. The van der Waals surface area contributed by atoms with Gasteiger partial charge in [-0.25, -0.2) is 0 Å². The Bertz CT molecular complexity index is 1170. The van der Waals surface area contributed by atoms with Gasteiger partial charge in [0, 0.05) is 22.4 Å². The molecule has 0 saturated carbocycles. The molecule has 3 aromatic carbocycles. The van der Waals surface area contributed by atoms with E-state index in [1.807, 2.05) is 31.3 Å². The van der Waals surface area contributed by atoms with Crippen LogP contribution in [-0.2, 0) is 0 Å². The lowest BCUT2D eigenvalue weighted by atomic mass is 10.0. The highest BCUT2D eigenvalue weighted by Crippen LogP contribution is 2.42. The van der Waals surface area contributed by atoms with Crippen LogP contribution in [0.2, 0.25) is 0 Å². The van der Waals surface area contributed by atoms with Crippen LogP contribution in [0.25, 0.3) is 32.4 Å². The van der Waals surface area contributed by atoms with Crippen molar-refractivity contribution in [2.24, 2.45) is 0 Å². The number of methoxy groups -OCH3 is 1. The van der Waals surface area contributed by atoms with Crippen LogP contribution in [0.4, 0.5) is 0 Å². The van der Waals surface area contributed by atoms with Gasteiger partial charge >= 0.3 is 0 Å². The fraction of sp³-hybridized carbons (Fsp3) is 0.190. The van der Waals surface area contributed by atoms with Crippen LogP contribution in [0, 0.1) is 0 Å². The van der Waals surface area contributed by atoms with Gasteiger partial charge in [-0.15, -0.1) is 0 Å². The molecule has 130 valence electrons. The Morgan fingerprint density at radius 1 is 0.962 bits per heavy atom. The van der Waals surface area contributed by atoms with Crippen LogP contribution in [-0.4, -0.2) is 25.5 Å². The quantitative estimate of drug-likeness (QED) is 0.504. The fourth-order valence-corrected chi connectivity index (χ4v) is 3.58. The number of fused-ring (bicyclic) bond motifs is 6. The van der Waals surface area contributed by atoms with Gasteiger partial charge in [-0.2, -0.15) is 0 Å². The normalized spacial score (nSPS) is 12.8. The van der Waals surface area contributed by atoms with Gasteiger partial charge in [-0.1, -0.05) is 12.1 Å². The number of ether oxygens (including phenoxy) is 4. The summed E-state index contributed by atoms with van der Waals surface area (Å²) in [5, 5.41) is 5.21. The molecule has 0 spiro atoms. The van der Waals surface area contributed by atoms with E-state index in [4.69, 9.17) is 23.9 Å². The predicted molar refractivity (Wildman–Crippen MR) is 101 cm³/mol. The van der Waals surface area contributed by atoms with Crippen LogP contribution in [0.5, 0.6) is 23.0 Å². The topological polar surface area (TPSA) is 49.8 Å². The molecule has 0 fully saturated rings. The maximum Gasteiger partial charge on any atom is 0.231 e. The van der Waals surface area contributed by atoms with Gasteiger partial charge in [0.25, 0.3) is 0 Å². The van der Waals surface area contributed by atoms with Gasteiger partial charge in [-0.05, 0) is 42.0 Å². The minimum absolute atomic E-state index is 0.261. The SMILES string of the molecule is CCOc1c(OC)ccc2c1cnc1c3cc4c(cc3ccc21)OCO4. The summed E-state index contributed by atoms with van der Waals surface area (Å²) in [7, 11) is 1.65. The Hall–Kier alpha value is -3.21. The molecule has 5 nitrogen and oxygen atoms in total. The molecular weight excluding hydrogens is 330 g/mol. The molecule has 5 heteroatoms. The van der Waals surface area contributed by atoms with Crippen molar-refractivity contribution in [2.45, 2.75) is 6.92 Å². The summed E-state index contributed by atoms with van der Waals surface area (Å²) in [5.74, 6) is 2.98. The molecule has 1 aliphatic rings. The van der Waals surface area contributed by atoms with Crippen molar-refractivity contribution >= 4 is 32.4 Å². The molecule has 4 aromatic rings. The second-order valence-corrected chi connectivity index (χ2v) is 6.14. The minimum atomic E-state index is 0.261. The Labute approximate surface area is 150 Å². The molecule has 0 saturated heterocycles. The number of hydrogen-bond donors (Lipinski definition) is 0. The van der Waals surface area contributed by atoms with Gasteiger partial charge in [0.05, 0.1) is 19.2 Å². The third kappa shape index (κ3) is 2.07. The molecule has 0 unspecified atom stereocenters. The Morgan fingerprint density at radius 2 is 1.77 bits per heavy atom. The number of nitrogens with zero attached hydrogens (tertiary/aromatic N) is 1. The lowest BCUT2D eigenvalue weighted by Gasteiger charge is -2.14. The summed E-state index contributed by atoms with van der Waals surface area (Å²) in [6.07, 6.45) is 1.86. The molecule has 0 radical (unpaired) electrons. The van der Waals surface area contributed by atoms with E-state index >= 15 is 0 Å². The summed E-state index contributed by atoms with van der Waals surface area (Å²) < 4.78 is 22.3. The zero-order valence-electron chi connectivity index (χ0n) is 14.5. The van der Waals surface area contributed by atoms with E-state index in [9.17, 15) is 0 Å². The van der Waals surface area contributed by atoms with Crippen molar-refractivity contribution in [2.75, 3.05) is 20.5 Å². The van der Waals surface area contributed by atoms with E-state index in [0.29, 0.717) is 12.4 Å². The van der Waals surface area contributed by atoms with E-state index in [2.05, 4.69) is 18.2 Å². The van der Waals surface area contributed by atoms with Gasteiger partial charge in [-0.3, -0.25) is 4.98 Å². The molecule has 0 bridgehead atoms. The van der Waals surface area contributed by atoms with E-state index in [1.165, 1.54) is 0 Å². The molecule has 26 heavy (non-hydrogen) atoms. The summed E-state index contributed by atoms with van der Waals surface area (Å²) in [6.45, 7) is 2.79. The van der Waals surface area contributed by atoms with Crippen LogP contribution in [0.1, 0.15) is 6.92 Å². The molecule has 0 atom stereocenters. The second kappa shape index (κ2) is 5.66. The van der Waals surface area contributed by atoms with Gasteiger partial charge in [0.1, 0.15) is 0 Å². The molecule has 1 aromatic heterocycles. The first kappa shape index (κ1) is 15.1. The van der Waals surface area contributed by atoms with Gasteiger partial charge in [0.2, 0.25) is 6.79 Å².